The first-order chi connectivity index (χ1) is 18.2. The van der Waals surface area contributed by atoms with Gasteiger partial charge < -0.3 is 29.9 Å². The fraction of sp³-hybridized carbons (Fsp3) is 0.267. The summed E-state index contributed by atoms with van der Waals surface area (Å²) < 4.78 is 10.6. The van der Waals surface area contributed by atoms with Crippen LogP contribution in [0.1, 0.15) is 49.8 Å². The number of phenols is 3. The first-order valence-electron chi connectivity index (χ1n) is 12.3. The number of hydrogen-bond acceptors (Lipinski definition) is 8. The Labute approximate surface area is 221 Å². The molecule has 0 fully saturated rings. The summed E-state index contributed by atoms with van der Waals surface area (Å²) in [6.07, 6.45) is 9.88. The van der Waals surface area contributed by atoms with Crippen molar-refractivity contribution in [3.8, 4) is 17.2 Å². The maximum absolute atomic E-state index is 12.2. The Bertz CT molecular complexity index is 1250. The Hall–Kier alpha value is -4.30. The maximum Gasteiger partial charge on any atom is 0.334 e. The number of aliphatic hydroxyl groups is 1. The summed E-state index contributed by atoms with van der Waals surface area (Å²) >= 11 is 0. The molecule has 4 N–H and O–H groups in total. The molecule has 2 aromatic rings. The molecular formula is C30H32O8. The van der Waals surface area contributed by atoms with E-state index in [1.165, 1.54) is 36.4 Å². The topological polar surface area (TPSA) is 134 Å². The Morgan fingerprint density at radius 1 is 1.03 bits per heavy atom. The lowest BCUT2D eigenvalue weighted by Crippen LogP contribution is -2.03. The van der Waals surface area contributed by atoms with Crippen LogP contribution in [0.4, 0.5) is 0 Å². The quantitative estimate of drug-likeness (QED) is 0.133. The summed E-state index contributed by atoms with van der Waals surface area (Å²) in [5.74, 6) is -0.881. The zero-order chi connectivity index (χ0) is 27.5. The number of phenolic OH excluding ortho intramolecular Hbond substituents is 3. The Balaban J connectivity index is 1.42. The molecule has 0 spiro atoms. The first-order valence-corrected chi connectivity index (χ1v) is 12.3. The van der Waals surface area contributed by atoms with Gasteiger partial charge in [0.05, 0.1) is 6.61 Å². The van der Waals surface area contributed by atoms with E-state index in [4.69, 9.17) is 9.47 Å². The highest BCUT2D eigenvalue weighted by Gasteiger charge is 2.28. The van der Waals surface area contributed by atoms with Gasteiger partial charge in [0.25, 0.3) is 0 Å². The summed E-state index contributed by atoms with van der Waals surface area (Å²) in [6, 6.07) is 10.5. The summed E-state index contributed by atoms with van der Waals surface area (Å²) in [7, 11) is 0. The highest BCUT2D eigenvalue weighted by molar-refractivity contribution is 5.91. The third-order valence-corrected chi connectivity index (χ3v) is 5.92. The van der Waals surface area contributed by atoms with Crippen LogP contribution < -0.4 is 0 Å². The zero-order valence-electron chi connectivity index (χ0n) is 21.2. The van der Waals surface area contributed by atoms with E-state index >= 15 is 0 Å². The molecule has 0 aromatic heterocycles. The molecule has 0 amide bonds. The van der Waals surface area contributed by atoms with Crippen LogP contribution in [0.25, 0.3) is 6.08 Å². The van der Waals surface area contributed by atoms with E-state index in [2.05, 4.69) is 0 Å². The van der Waals surface area contributed by atoms with Crippen molar-refractivity contribution in [2.24, 2.45) is 0 Å². The number of benzene rings is 2. The molecule has 1 aliphatic heterocycles. The van der Waals surface area contributed by atoms with Gasteiger partial charge in [0.2, 0.25) is 0 Å². The minimum absolute atomic E-state index is 0.0314. The van der Waals surface area contributed by atoms with E-state index in [1.807, 2.05) is 19.1 Å². The molecule has 8 heteroatoms. The van der Waals surface area contributed by atoms with Gasteiger partial charge in [0.1, 0.15) is 30.0 Å². The third-order valence-electron chi connectivity index (χ3n) is 5.92. The van der Waals surface area contributed by atoms with E-state index in [0.29, 0.717) is 36.8 Å². The Kier molecular flexibility index (Phi) is 10.3. The van der Waals surface area contributed by atoms with Gasteiger partial charge in [-0.25, -0.2) is 9.59 Å². The number of aliphatic hydroxyl groups excluding tert-OH is 1. The number of rotatable bonds is 12. The van der Waals surface area contributed by atoms with Crippen LogP contribution in [0.15, 0.2) is 83.5 Å². The van der Waals surface area contributed by atoms with Crippen LogP contribution in [0.5, 0.6) is 17.2 Å². The first kappa shape index (κ1) is 28.3. The Morgan fingerprint density at radius 2 is 1.76 bits per heavy atom. The maximum atomic E-state index is 12.2. The number of ether oxygens (including phenoxy) is 2. The van der Waals surface area contributed by atoms with E-state index in [1.54, 1.807) is 24.3 Å². The smallest absolute Gasteiger partial charge is 0.334 e. The average molecular weight is 521 g/mol. The highest BCUT2D eigenvalue weighted by atomic mass is 16.5. The third kappa shape index (κ3) is 8.67. The van der Waals surface area contributed by atoms with Crippen LogP contribution in [-0.2, 0) is 19.1 Å². The second kappa shape index (κ2) is 13.9. The summed E-state index contributed by atoms with van der Waals surface area (Å²) in [6.45, 7) is 1.91. The van der Waals surface area contributed by atoms with Gasteiger partial charge in [0, 0.05) is 17.2 Å². The van der Waals surface area contributed by atoms with Crippen molar-refractivity contribution < 1.29 is 39.5 Å². The van der Waals surface area contributed by atoms with Gasteiger partial charge in [-0.05, 0) is 91.8 Å². The van der Waals surface area contributed by atoms with Gasteiger partial charge in [0.15, 0.2) is 0 Å². The summed E-state index contributed by atoms with van der Waals surface area (Å²) in [5.41, 5.74) is 3.28. The fourth-order valence-electron chi connectivity index (χ4n) is 3.81. The number of carbonyl (C=O) groups is 2. The minimum atomic E-state index is -0.753. The molecule has 0 radical (unpaired) electrons. The molecule has 38 heavy (non-hydrogen) atoms. The van der Waals surface area contributed by atoms with Crippen molar-refractivity contribution in [1.29, 1.82) is 0 Å². The van der Waals surface area contributed by atoms with Gasteiger partial charge in [-0.2, -0.15) is 0 Å². The lowest BCUT2D eigenvalue weighted by molar-refractivity contribution is -0.140. The molecule has 0 saturated heterocycles. The Morgan fingerprint density at radius 3 is 2.50 bits per heavy atom. The predicted molar refractivity (Wildman–Crippen MR) is 142 cm³/mol. The van der Waals surface area contributed by atoms with E-state index in [-0.39, 0.29) is 30.5 Å². The van der Waals surface area contributed by atoms with Crippen molar-refractivity contribution in [2.75, 3.05) is 13.2 Å². The van der Waals surface area contributed by atoms with Crippen LogP contribution in [0, 0.1) is 0 Å². The van der Waals surface area contributed by atoms with Gasteiger partial charge in [-0.3, -0.25) is 0 Å². The second-order valence-corrected chi connectivity index (χ2v) is 8.94. The standard InChI is InChI=1S/C30H32O8/c1-20(19-37-29(35)15-10-21-8-11-24(32)12-9-21)4-2-5-22(18-31)6-3-7-23-16-28(38-30(23)36)26-17-25(33)13-14-27(26)34/h4,6,8-17,28,31-34H,2-3,5,7,18-19H2,1H3/b15-10-,20-4+,22-6-. The molecule has 1 aliphatic rings. The van der Waals surface area contributed by atoms with Crippen LogP contribution >= 0.6 is 0 Å². The van der Waals surface area contributed by atoms with Crippen molar-refractivity contribution in [3.05, 3.63) is 94.6 Å². The molecule has 0 saturated carbocycles. The summed E-state index contributed by atoms with van der Waals surface area (Å²) in [5, 5.41) is 38.6. The molecule has 8 nitrogen and oxygen atoms in total. The average Bonchev–Trinajstić information content (AvgIpc) is 3.27. The zero-order valence-corrected chi connectivity index (χ0v) is 21.2. The molecule has 3 rings (SSSR count). The molecule has 1 unspecified atom stereocenters. The fourth-order valence-corrected chi connectivity index (χ4v) is 3.81. The lowest BCUT2D eigenvalue weighted by atomic mass is 10.0. The lowest BCUT2D eigenvalue weighted by Gasteiger charge is -2.10. The highest BCUT2D eigenvalue weighted by Crippen LogP contribution is 2.36. The van der Waals surface area contributed by atoms with Crippen molar-refractivity contribution in [1.82, 2.24) is 0 Å². The molecule has 0 bridgehead atoms. The number of allylic oxidation sites excluding steroid dienone is 2. The molecular weight excluding hydrogens is 488 g/mol. The number of cyclic esters (lactones) is 1. The number of esters is 2. The van der Waals surface area contributed by atoms with Crippen molar-refractivity contribution >= 4 is 18.0 Å². The van der Waals surface area contributed by atoms with E-state index < -0.39 is 18.0 Å². The van der Waals surface area contributed by atoms with Crippen molar-refractivity contribution in [3.63, 3.8) is 0 Å². The second-order valence-electron chi connectivity index (χ2n) is 8.94. The summed E-state index contributed by atoms with van der Waals surface area (Å²) in [4.78, 5) is 24.1. The number of carbonyl (C=O) groups excluding carboxylic acids is 2. The van der Waals surface area contributed by atoms with Crippen LogP contribution in [-0.4, -0.2) is 45.6 Å². The normalized spacial score (nSPS) is 16.0. The molecule has 1 heterocycles. The minimum Gasteiger partial charge on any atom is -0.508 e. The number of hydrogen-bond donors (Lipinski definition) is 4. The monoisotopic (exact) mass is 520 g/mol. The van der Waals surface area contributed by atoms with Gasteiger partial charge >= 0.3 is 11.9 Å². The number of aromatic hydroxyl groups is 3. The largest absolute Gasteiger partial charge is 0.508 e. The van der Waals surface area contributed by atoms with E-state index in [9.17, 15) is 30.0 Å². The van der Waals surface area contributed by atoms with Gasteiger partial charge in [-0.15, -0.1) is 0 Å². The molecule has 2 aromatic carbocycles. The van der Waals surface area contributed by atoms with Crippen molar-refractivity contribution in [2.45, 2.75) is 38.7 Å². The molecule has 200 valence electrons. The SMILES string of the molecule is C/C(=C\CC/C(=C/CCC1=CC(c2cc(O)ccc2O)OC1=O)CO)COC(=O)/C=C\c1ccc(O)cc1. The predicted octanol–water partition coefficient (Wildman–Crippen LogP) is 5.01. The van der Waals surface area contributed by atoms with Crippen LogP contribution in [0.3, 0.4) is 0 Å². The molecule has 1 atom stereocenters. The molecule has 0 aliphatic carbocycles. The van der Waals surface area contributed by atoms with Crippen LogP contribution in [0.2, 0.25) is 0 Å². The van der Waals surface area contributed by atoms with E-state index in [0.717, 1.165) is 16.7 Å². The van der Waals surface area contributed by atoms with Gasteiger partial charge in [-0.1, -0.05) is 24.3 Å².